The van der Waals surface area contributed by atoms with Crippen molar-refractivity contribution in [3.05, 3.63) is 72.3 Å². The summed E-state index contributed by atoms with van der Waals surface area (Å²) < 4.78 is 44.7. The van der Waals surface area contributed by atoms with Gasteiger partial charge in [-0.05, 0) is 42.8 Å². The Morgan fingerprint density at radius 3 is 1.79 bits per heavy atom. The van der Waals surface area contributed by atoms with Crippen LogP contribution in [-0.2, 0) is 10.9 Å². The quantitative estimate of drug-likeness (QED) is 0.197. The van der Waals surface area contributed by atoms with E-state index in [1.54, 1.807) is 7.11 Å². The van der Waals surface area contributed by atoms with Crippen molar-refractivity contribution in [2.75, 3.05) is 7.11 Å². The van der Waals surface area contributed by atoms with Crippen molar-refractivity contribution in [1.82, 2.24) is 0 Å². The molecule has 146 valence electrons. The molecule has 0 spiro atoms. The van der Waals surface area contributed by atoms with E-state index in [1.165, 1.54) is 30.0 Å². The van der Waals surface area contributed by atoms with Gasteiger partial charge in [0.05, 0.1) is 16.9 Å². The summed E-state index contributed by atoms with van der Waals surface area (Å²) in [5.41, 5.74) is 1.27. The van der Waals surface area contributed by atoms with Crippen LogP contribution in [0.25, 0.3) is 0 Å². The highest BCUT2D eigenvalue weighted by atomic mass is 32.2. The lowest BCUT2D eigenvalue weighted by atomic mass is 10.2. The molecule has 0 aliphatic carbocycles. The standard InChI is InChI=1S/C20H17OS2.BF4/c1-14-11-12-15(21-2)20(13-14)23-18-9-5-3-7-16(18)22-17-8-4-6-10-19(17)23;2-1(3,4)5/h3-13H,1-2H3;/q+1;-1. The zero-order chi connectivity index (χ0) is 20.3. The molecule has 0 bridgehead atoms. The van der Waals surface area contributed by atoms with Gasteiger partial charge in [0, 0.05) is 6.07 Å². The monoisotopic (exact) mass is 424 g/mol. The fraction of sp³-hybridized carbons (Fsp3) is 0.100. The van der Waals surface area contributed by atoms with Crippen molar-refractivity contribution >= 4 is 29.9 Å². The molecule has 4 rings (SSSR count). The van der Waals surface area contributed by atoms with Crippen LogP contribution in [0.4, 0.5) is 17.3 Å². The van der Waals surface area contributed by atoms with Crippen molar-refractivity contribution in [3.8, 4) is 5.75 Å². The van der Waals surface area contributed by atoms with E-state index in [4.69, 9.17) is 4.74 Å². The molecular weight excluding hydrogens is 407 g/mol. The molecule has 3 aromatic carbocycles. The molecule has 0 fully saturated rings. The van der Waals surface area contributed by atoms with E-state index in [1.807, 2.05) is 11.8 Å². The molecule has 0 N–H and O–H groups in total. The van der Waals surface area contributed by atoms with Crippen molar-refractivity contribution in [1.29, 1.82) is 0 Å². The molecule has 1 aliphatic heterocycles. The number of fused-ring (bicyclic) bond motifs is 2. The fourth-order valence-electron chi connectivity index (χ4n) is 2.82. The molecule has 0 saturated heterocycles. The molecule has 8 heteroatoms. The molecule has 0 atom stereocenters. The first kappa shape index (κ1) is 20.7. The number of hydrogen-bond donors (Lipinski definition) is 0. The Labute approximate surface area is 168 Å². The van der Waals surface area contributed by atoms with Crippen LogP contribution in [0, 0.1) is 6.92 Å². The fourth-order valence-corrected chi connectivity index (χ4v) is 6.78. The van der Waals surface area contributed by atoms with Gasteiger partial charge in [0.1, 0.15) is 10.9 Å². The molecule has 0 aromatic heterocycles. The summed E-state index contributed by atoms with van der Waals surface area (Å²) in [6.07, 6.45) is 0. The Hall–Kier alpha value is -2.06. The lowest BCUT2D eigenvalue weighted by Gasteiger charge is -2.20. The van der Waals surface area contributed by atoms with Crippen molar-refractivity contribution in [2.45, 2.75) is 31.4 Å². The Kier molecular flexibility index (Phi) is 6.30. The van der Waals surface area contributed by atoms with Gasteiger partial charge in [-0.15, -0.1) is 0 Å². The van der Waals surface area contributed by atoms with Crippen LogP contribution in [0.1, 0.15) is 5.56 Å². The Morgan fingerprint density at radius 2 is 1.29 bits per heavy atom. The van der Waals surface area contributed by atoms with Crippen molar-refractivity contribution < 1.29 is 22.0 Å². The highest BCUT2D eigenvalue weighted by molar-refractivity contribution is 8.04. The molecular formula is C20H17BF4OS2. The van der Waals surface area contributed by atoms with E-state index in [0.29, 0.717) is 0 Å². The van der Waals surface area contributed by atoms with Gasteiger partial charge < -0.3 is 22.0 Å². The third-order valence-corrected chi connectivity index (χ3v) is 7.66. The number of hydrogen-bond acceptors (Lipinski definition) is 2. The molecule has 0 amide bonds. The minimum Gasteiger partial charge on any atom is -0.491 e. The number of aryl methyl sites for hydroxylation is 1. The number of ether oxygens (including phenoxy) is 1. The van der Waals surface area contributed by atoms with Gasteiger partial charge in [-0.3, -0.25) is 0 Å². The van der Waals surface area contributed by atoms with E-state index in [9.17, 15) is 17.3 Å². The molecule has 3 aromatic rings. The Morgan fingerprint density at radius 1 is 0.786 bits per heavy atom. The highest BCUT2D eigenvalue weighted by Crippen LogP contribution is 2.49. The summed E-state index contributed by atoms with van der Waals surface area (Å²) in [4.78, 5) is 6.74. The normalized spacial score (nSPS) is 13.1. The average Bonchev–Trinajstić information content (AvgIpc) is 2.64. The minimum absolute atomic E-state index is 0.125. The summed E-state index contributed by atoms with van der Waals surface area (Å²) in [6, 6.07) is 23.9. The van der Waals surface area contributed by atoms with E-state index < -0.39 is 7.25 Å². The van der Waals surface area contributed by atoms with Gasteiger partial charge in [0.15, 0.2) is 15.5 Å². The maximum atomic E-state index is 9.75. The third kappa shape index (κ3) is 4.86. The van der Waals surface area contributed by atoms with E-state index >= 15 is 0 Å². The van der Waals surface area contributed by atoms with Gasteiger partial charge in [-0.2, -0.15) is 0 Å². The molecule has 1 heterocycles. The first-order valence-corrected chi connectivity index (χ1v) is 10.4. The third-order valence-electron chi connectivity index (χ3n) is 3.90. The van der Waals surface area contributed by atoms with Gasteiger partial charge in [0.2, 0.25) is 4.90 Å². The van der Waals surface area contributed by atoms with E-state index in [2.05, 4.69) is 73.7 Å². The van der Waals surface area contributed by atoms with E-state index in [0.717, 1.165) is 5.75 Å². The van der Waals surface area contributed by atoms with E-state index in [-0.39, 0.29) is 10.9 Å². The van der Waals surface area contributed by atoms with Gasteiger partial charge in [0.25, 0.3) is 0 Å². The van der Waals surface area contributed by atoms with Crippen LogP contribution < -0.4 is 4.74 Å². The molecule has 28 heavy (non-hydrogen) atoms. The van der Waals surface area contributed by atoms with Crippen LogP contribution in [-0.4, -0.2) is 14.4 Å². The maximum absolute atomic E-state index is 9.75. The number of methoxy groups -OCH3 is 1. The lowest BCUT2D eigenvalue weighted by Crippen LogP contribution is -2.12. The highest BCUT2D eigenvalue weighted by Gasteiger charge is 2.39. The zero-order valence-electron chi connectivity index (χ0n) is 15.2. The van der Waals surface area contributed by atoms with Crippen LogP contribution in [0.5, 0.6) is 5.75 Å². The average molecular weight is 424 g/mol. The molecule has 1 nitrogen and oxygen atoms in total. The first-order valence-electron chi connectivity index (χ1n) is 8.40. The second-order valence-corrected chi connectivity index (χ2v) is 8.97. The number of rotatable bonds is 2. The predicted octanol–water partition coefficient (Wildman–Crippen LogP) is 6.86. The zero-order valence-corrected chi connectivity index (χ0v) is 16.8. The van der Waals surface area contributed by atoms with Crippen molar-refractivity contribution in [2.24, 2.45) is 0 Å². The van der Waals surface area contributed by atoms with Crippen LogP contribution in [0.15, 0.2) is 91.2 Å². The predicted molar refractivity (Wildman–Crippen MR) is 107 cm³/mol. The summed E-state index contributed by atoms with van der Waals surface area (Å²) in [5, 5.41) is 0. The Balaban J connectivity index is 0.000000403. The lowest BCUT2D eigenvalue weighted by molar-refractivity contribution is 0.368. The minimum atomic E-state index is -6.00. The summed E-state index contributed by atoms with van der Waals surface area (Å²) in [5.74, 6) is 0.968. The number of halogens is 4. The molecule has 0 radical (unpaired) electrons. The SMILES string of the molecule is COc1ccc(C)cc1[S+]1c2ccccc2Sc2ccccc21.F[B-](F)(F)F. The summed E-state index contributed by atoms with van der Waals surface area (Å²) in [6.45, 7) is 2.14. The van der Waals surface area contributed by atoms with Crippen molar-refractivity contribution in [3.63, 3.8) is 0 Å². The summed E-state index contributed by atoms with van der Waals surface area (Å²) in [7, 11) is -4.37. The maximum Gasteiger partial charge on any atom is 0.673 e. The van der Waals surface area contributed by atoms with Crippen LogP contribution >= 0.6 is 11.8 Å². The van der Waals surface area contributed by atoms with Gasteiger partial charge in [-0.1, -0.05) is 42.1 Å². The second-order valence-electron chi connectivity index (χ2n) is 5.95. The van der Waals surface area contributed by atoms with Crippen LogP contribution in [0.3, 0.4) is 0 Å². The molecule has 0 unspecified atom stereocenters. The Bertz CT molecular complexity index is 927. The summed E-state index contributed by atoms with van der Waals surface area (Å²) >= 11 is 1.86. The van der Waals surface area contributed by atoms with Gasteiger partial charge >= 0.3 is 7.25 Å². The van der Waals surface area contributed by atoms with Gasteiger partial charge in [-0.25, -0.2) is 0 Å². The van der Waals surface area contributed by atoms with Crippen LogP contribution in [0.2, 0.25) is 0 Å². The largest absolute Gasteiger partial charge is 0.673 e. The number of benzene rings is 3. The molecule has 0 saturated carbocycles. The molecule has 1 aliphatic rings. The first-order chi connectivity index (χ1) is 13.3. The smallest absolute Gasteiger partial charge is 0.491 e. The second kappa shape index (κ2) is 8.53. The topological polar surface area (TPSA) is 9.23 Å².